The van der Waals surface area contributed by atoms with Crippen LogP contribution in [0.25, 0.3) is 0 Å². The normalized spacial score (nSPS) is 25.8. The maximum absolute atomic E-state index is 3.68. The number of nitrogens with one attached hydrogen (secondary N) is 1. The Labute approximate surface area is 291 Å². The van der Waals surface area contributed by atoms with E-state index < -0.39 is 0 Å². The van der Waals surface area contributed by atoms with Gasteiger partial charge in [-0.1, -0.05) is 190 Å². The highest BCUT2D eigenvalue weighted by Gasteiger charge is 2.20. The second-order valence-electron chi connectivity index (χ2n) is 15.0. The van der Waals surface area contributed by atoms with Gasteiger partial charge in [0.2, 0.25) is 0 Å². The van der Waals surface area contributed by atoms with Gasteiger partial charge in [-0.25, -0.2) is 0 Å². The summed E-state index contributed by atoms with van der Waals surface area (Å²) < 4.78 is 0. The summed E-state index contributed by atoms with van der Waals surface area (Å²) in [6.45, 7) is 2.47. The van der Waals surface area contributed by atoms with Gasteiger partial charge in [0, 0.05) is 5.54 Å². The topological polar surface area (TPSA) is 12.0 Å². The highest BCUT2D eigenvalue weighted by molar-refractivity contribution is 4.93. The van der Waals surface area contributed by atoms with E-state index in [0.29, 0.717) is 5.54 Å². The van der Waals surface area contributed by atoms with Gasteiger partial charge in [0.05, 0.1) is 0 Å². The summed E-state index contributed by atoms with van der Waals surface area (Å²) in [6.07, 6.45) is 66.1. The lowest BCUT2D eigenvalue weighted by atomic mass is 9.88. The van der Waals surface area contributed by atoms with E-state index in [9.17, 15) is 0 Å². The Morgan fingerprint density at radius 1 is 0.304 bits per heavy atom. The van der Waals surface area contributed by atoms with Crippen LogP contribution in [-0.4, -0.2) is 12.6 Å². The van der Waals surface area contributed by atoms with Crippen LogP contribution in [-0.2, 0) is 0 Å². The minimum Gasteiger partial charge on any atom is -0.315 e. The summed E-state index contributed by atoms with van der Waals surface area (Å²) in [5.41, 5.74) is 0.348. The van der Waals surface area contributed by atoms with E-state index in [2.05, 4.69) is 67.9 Å². The van der Waals surface area contributed by atoms with Crippen LogP contribution in [0.5, 0.6) is 0 Å². The Morgan fingerprint density at radius 3 is 0.761 bits per heavy atom. The van der Waals surface area contributed by atoms with Crippen molar-refractivity contribution in [2.45, 2.75) is 231 Å². The van der Waals surface area contributed by atoms with Crippen LogP contribution in [0.3, 0.4) is 0 Å². The number of allylic oxidation sites excluding steroid dienone is 8. The molecule has 46 heavy (non-hydrogen) atoms. The van der Waals surface area contributed by atoms with E-state index in [1.165, 1.54) is 205 Å². The van der Waals surface area contributed by atoms with Crippen LogP contribution in [0.1, 0.15) is 225 Å². The van der Waals surface area contributed by atoms with E-state index in [-0.39, 0.29) is 0 Å². The number of rotatable bonds is 1. The van der Waals surface area contributed by atoms with Crippen molar-refractivity contribution in [3.63, 3.8) is 0 Å². The third-order valence-corrected chi connectivity index (χ3v) is 10.5. The Kier molecular flexibility index (Phi) is 32.9. The molecule has 0 bridgehead atoms. The third kappa shape index (κ3) is 31.5. The van der Waals surface area contributed by atoms with Crippen LogP contribution in [0, 0.1) is 0 Å². The molecule has 0 amide bonds. The van der Waals surface area contributed by atoms with E-state index in [4.69, 9.17) is 0 Å². The molecule has 1 aliphatic rings. The predicted molar refractivity (Wildman–Crippen MR) is 211 cm³/mol. The lowest BCUT2D eigenvalue weighted by Gasteiger charge is -2.29. The highest BCUT2D eigenvalue weighted by atomic mass is 14.9. The van der Waals surface area contributed by atoms with Crippen LogP contribution in [0.15, 0.2) is 48.6 Å². The molecule has 0 saturated carbocycles. The van der Waals surface area contributed by atoms with Gasteiger partial charge in [0.1, 0.15) is 0 Å². The molecule has 0 radical (unpaired) electrons. The molecule has 0 unspecified atom stereocenters. The van der Waals surface area contributed by atoms with Gasteiger partial charge in [-0.05, 0) is 91.0 Å². The zero-order valence-corrected chi connectivity index (χ0v) is 31.7. The van der Waals surface area contributed by atoms with Crippen molar-refractivity contribution < 1.29 is 0 Å². The van der Waals surface area contributed by atoms with Crippen molar-refractivity contribution in [1.82, 2.24) is 5.32 Å². The second kappa shape index (κ2) is 35.2. The largest absolute Gasteiger partial charge is 0.315 e. The molecule has 0 aromatic rings. The van der Waals surface area contributed by atoms with Crippen LogP contribution < -0.4 is 5.32 Å². The average molecular weight is 638 g/mol. The summed E-state index contributed by atoms with van der Waals surface area (Å²) in [7, 11) is 2.19. The first-order chi connectivity index (χ1) is 22.8. The van der Waals surface area contributed by atoms with Gasteiger partial charge in [-0.3, -0.25) is 0 Å². The maximum atomic E-state index is 3.68. The minimum atomic E-state index is 0.348. The summed E-state index contributed by atoms with van der Waals surface area (Å²) in [5.74, 6) is 0. The summed E-state index contributed by atoms with van der Waals surface area (Å²) in [4.78, 5) is 0. The van der Waals surface area contributed by atoms with Crippen LogP contribution in [0.2, 0.25) is 0 Å². The maximum Gasteiger partial charge on any atom is 0.0150 e. The summed E-state index contributed by atoms with van der Waals surface area (Å²) in [6, 6.07) is 0. The van der Waals surface area contributed by atoms with E-state index in [1.807, 2.05) is 0 Å². The Morgan fingerprint density at radius 2 is 0.522 bits per heavy atom. The zero-order chi connectivity index (χ0) is 32.9. The van der Waals surface area contributed by atoms with Crippen molar-refractivity contribution in [3.8, 4) is 0 Å². The fourth-order valence-electron chi connectivity index (χ4n) is 7.00. The molecule has 0 fully saturated rings. The molecular weight excluding hydrogens is 555 g/mol. The molecule has 1 heteroatoms. The van der Waals surface area contributed by atoms with Crippen molar-refractivity contribution in [3.05, 3.63) is 48.6 Å². The predicted octanol–water partition coefficient (Wildman–Crippen LogP) is 15.5. The lowest BCUT2D eigenvalue weighted by molar-refractivity contribution is 0.306. The van der Waals surface area contributed by atoms with Gasteiger partial charge >= 0.3 is 0 Å². The molecule has 1 nitrogen and oxygen atoms in total. The van der Waals surface area contributed by atoms with Crippen LogP contribution in [0.4, 0.5) is 0 Å². The first kappa shape index (κ1) is 42.9. The van der Waals surface area contributed by atoms with Crippen molar-refractivity contribution in [2.75, 3.05) is 7.05 Å². The van der Waals surface area contributed by atoms with E-state index in [0.717, 1.165) is 12.8 Å². The molecule has 0 aromatic heterocycles. The van der Waals surface area contributed by atoms with Gasteiger partial charge in [-0.2, -0.15) is 0 Å². The molecule has 0 aliphatic heterocycles. The van der Waals surface area contributed by atoms with Crippen molar-refractivity contribution in [1.29, 1.82) is 0 Å². The van der Waals surface area contributed by atoms with Gasteiger partial charge in [0.25, 0.3) is 0 Å². The summed E-state index contributed by atoms with van der Waals surface area (Å²) in [5, 5.41) is 3.68. The molecule has 1 aliphatic carbocycles. The molecule has 1 rings (SSSR count). The Hall–Kier alpha value is -1.08. The van der Waals surface area contributed by atoms with Crippen molar-refractivity contribution in [2.24, 2.45) is 0 Å². The Bertz CT molecular complexity index is 657. The zero-order valence-electron chi connectivity index (χ0n) is 31.7. The van der Waals surface area contributed by atoms with Gasteiger partial charge in [-0.15, -0.1) is 0 Å². The molecule has 1 N–H and O–H groups in total. The molecule has 0 saturated heterocycles. The third-order valence-electron chi connectivity index (χ3n) is 10.5. The molecule has 0 atom stereocenters. The quantitative estimate of drug-likeness (QED) is 0.282. The lowest BCUT2D eigenvalue weighted by Crippen LogP contribution is -2.39. The number of hydrogen-bond donors (Lipinski definition) is 1. The fraction of sp³-hybridized carbons (Fsp3) is 0.822. The SMILES string of the molecule is CNC1(C)CCCCCCCCCCC/C=C\C/C=C\CCCCCCCCCC/C=C\C/C=C\CCCCCCCCCCC1. The molecular formula is C45H83N. The highest BCUT2D eigenvalue weighted by Crippen LogP contribution is 2.23. The van der Waals surface area contributed by atoms with E-state index in [1.54, 1.807) is 0 Å². The van der Waals surface area contributed by atoms with Crippen LogP contribution >= 0.6 is 0 Å². The summed E-state index contributed by atoms with van der Waals surface area (Å²) >= 11 is 0. The minimum absolute atomic E-state index is 0.348. The number of hydrogen-bond acceptors (Lipinski definition) is 1. The van der Waals surface area contributed by atoms with Gasteiger partial charge < -0.3 is 5.32 Å². The van der Waals surface area contributed by atoms with E-state index >= 15 is 0 Å². The standard InChI is InChI=1S/C45H83N/c1-45(46-2)43-41-39-37-35-33-31-29-27-25-23-21-19-17-15-13-11-9-7-5-3-4-6-8-10-12-14-16-18-20-22-24-26-28-30-32-34-36-38-40-42-44-45/h13-16,19-22,46H,3-12,17-18,23-44H2,1-2H3/b15-13-,16-14-,21-19-,22-20-. The molecule has 0 heterocycles. The Balaban J connectivity index is 2.22. The molecule has 0 spiro atoms. The smallest absolute Gasteiger partial charge is 0.0150 e. The fourth-order valence-corrected chi connectivity index (χ4v) is 7.00. The first-order valence-electron chi connectivity index (χ1n) is 21.1. The molecule has 268 valence electrons. The van der Waals surface area contributed by atoms with Gasteiger partial charge in [0.15, 0.2) is 0 Å². The van der Waals surface area contributed by atoms with Crippen molar-refractivity contribution >= 4 is 0 Å². The average Bonchev–Trinajstić information content (AvgIpc) is 3.06. The second-order valence-corrected chi connectivity index (χ2v) is 15.0. The first-order valence-corrected chi connectivity index (χ1v) is 21.1. The molecule has 0 aromatic carbocycles. The monoisotopic (exact) mass is 638 g/mol.